The largest absolute Gasteiger partial charge is 0.326 e. The molecule has 0 saturated heterocycles. The number of nitrogens with one attached hydrogen (secondary N) is 4. The van der Waals surface area contributed by atoms with Gasteiger partial charge >= 0.3 is 5.69 Å². The predicted octanol–water partition coefficient (Wildman–Crippen LogP) is 1.57. The number of fused-ring (bicyclic) bond motifs is 1. The fourth-order valence-electron chi connectivity index (χ4n) is 1.97. The van der Waals surface area contributed by atoms with Gasteiger partial charge in [-0.05, 0) is 31.2 Å². The van der Waals surface area contributed by atoms with Crippen molar-refractivity contribution in [2.24, 2.45) is 0 Å². The maximum Gasteiger partial charge on any atom is 0.323 e. The van der Waals surface area contributed by atoms with E-state index < -0.39 is 0 Å². The van der Waals surface area contributed by atoms with Crippen molar-refractivity contribution in [2.75, 3.05) is 11.9 Å². The van der Waals surface area contributed by atoms with Gasteiger partial charge in [0, 0.05) is 18.2 Å². The maximum atomic E-state index is 11.8. The molecular formula is C14H20N4O2. The van der Waals surface area contributed by atoms with E-state index in [1.165, 1.54) is 0 Å². The van der Waals surface area contributed by atoms with Crippen LogP contribution in [0, 0.1) is 0 Å². The highest BCUT2D eigenvalue weighted by atomic mass is 16.1. The first-order valence-electron chi connectivity index (χ1n) is 6.80. The standard InChI is InChI=1S/C14H20N4O2/c1-9(2)15-7-3-4-13(19)16-10-5-6-11-12(8-10)18-14(20)17-11/h5-6,8-9,15H,3-4,7H2,1-2H3,(H,16,19)(H2,17,18,20). The van der Waals surface area contributed by atoms with Crippen LogP contribution in [0.15, 0.2) is 23.0 Å². The number of carbonyl (C=O) groups is 1. The molecule has 1 amide bonds. The molecule has 6 nitrogen and oxygen atoms in total. The number of aromatic nitrogens is 2. The normalized spacial score (nSPS) is 11.2. The quantitative estimate of drug-likeness (QED) is 0.604. The van der Waals surface area contributed by atoms with E-state index in [0.717, 1.165) is 18.5 Å². The van der Waals surface area contributed by atoms with Gasteiger partial charge in [0.1, 0.15) is 0 Å². The Hall–Kier alpha value is -2.08. The van der Waals surface area contributed by atoms with Crippen molar-refractivity contribution in [3.05, 3.63) is 28.7 Å². The summed E-state index contributed by atoms with van der Waals surface area (Å²) < 4.78 is 0. The molecule has 6 heteroatoms. The van der Waals surface area contributed by atoms with Crippen LogP contribution in [0.3, 0.4) is 0 Å². The number of rotatable bonds is 6. The Balaban J connectivity index is 1.87. The van der Waals surface area contributed by atoms with Gasteiger partial charge in [-0.25, -0.2) is 4.79 Å². The van der Waals surface area contributed by atoms with Crippen molar-refractivity contribution < 1.29 is 4.79 Å². The van der Waals surface area contributed by atoms with Crippen molar-refractivity contribution in [3.63, 3.8) is 0 Å². The Labute approximate surface area is 117 Å². The molecule has 2 rings (SSSR count). The molecule has 0 aliphatic heterocycles. The third kappa shape index (κ3) is 3.96. The number of benzene rings is 1. The molecule has 0 radical (unpaired) electrons. The molecule has 0 saturated carbocycles. The van der Waals surface area contributed by atoms with Crippen LogP contribution in [0.5, 0.6) is 0 Å². The van der Waals surface area contributed by atoms with Gasteiger partial charge in [0.2, 0.25) is 5.91 Å². The van der Waals surface area contributed by atoms with E-state index in [4.69, 9.17) is 0 Å². The highest BCUT2D eigenvalue weighted by Gasteiger charge is 2.04. The average Bonchev–Trinajstić information content (AvgIpc) is 2.74. The Morgan fingerprint density at radius 3 is 2.75 bits per heavy atom. The first kappa shape index (κ1) is 14.3. The smallest absolute Gasteiger partial charge is 0.323 e. The first-order chi connectivity index (χ1) is 9.54. The number of aromatic amines is 2. The number of imidazole rings is 1. The van der Waals surface area contributed by atoms with Crippen molar-refractivity contribution in [1.82, 2.24) is 15.3 Å². The molecule has 0 atom stereocenters. The Morgan fingerprint density at radius 2 is 2.00 bits per heavy atom. The number of hydrogen-bond donors (Lipinski definition) is 4. The van der Waals surface area contributed by atoms with Gasteiger partial charge in [-0.1, -0.05) is 13.8 Å². The van der Waals surface area contributed by atoms with E-state index in [2.05, 4.69) is 34.4 Å². The highest BCUT2D eigenvalue weighted by Crippen LogP contribution is 2.14. The molecular weight excluding hydrogens is 256 g/mol. The fraction of sp³-hybridized carbons (Fsp3) is 0.429. The lowest BCUT2D eigenvalue weighted by atomic mass is 10.2. The number of hydrogen-bond acceptors (Lipinski definition) is 3. The highest BCUT2D eigenvalue weighted by molar-refractivity contribution is 5.92. The second-order valence-electron chi connectivity index (χ2n) is 5.10. The van der Waals surface area contributed by atoms with E-state index in [9.17, 15) is 9.59 Å². The van der Waals surface area contributed by atoms with Gasteiger partial charge in [-0.2, -0.15) is 0 Å². The van der Waals surface area contributed by atoms with E-state index in [-0.39, 0.29) is 11.6 Å². The maximum absolute atomic E-state index is 11.8. The predicted molar refractivity (Wildman–Crippen MR) is 79.9 cm³/mol. The van der Waals surface area contributed by atoms with Gasteiger partial charge in [0.05, 0.1) is 11.0 Å². The third-order valence-electron chi connectivity index (χ3n) is 2.93. The van der Waals surface area contributed by atoms with Crippen LogP contribution in [0.25, 0.3) is 11.0 Å². The molecule has 0 aliphatic carbocycles. The molecule has 4 N–H and O–H groups in total. The number of H-pyrrole nitrogens is 2. The number of amides is 1. The Kier molecular flexibility index (Phi) is 4.57. The van der Waals surface area contributed by atoms with Crippen molar-refractivity contribution in [1.29, 1.82) is 0 Å². The van der Waals surface area contributed by atoms with Gasteiger partial charge in [-0.15, -0.1) is 0 Å². The summed E-state index contributed by atoms with van der Waals surface area (Å²) >= 11 is 0. The van der Waals surface area contributed by atoms with Crippen LogP contribution < -0.4 is 16.3 Å². The van der Waals surface area contributed by atoms with Crippen molar-refractivity contribution in [2.45, 2.75) is 32.7 Å². The van der Waals surface area contributed by atoms with Gasteiger partial charge in [-0.3, -0.25) is 4.79 Å². The van der Waals surface area contributed by atoms with E-state index in [0.29, 0.717) is 23.7 Å². The topological polar surface area (TPSA) is 89.8 Å². The van der Waals surface area contributed by atoms with E-state index in [1.807, 2.05) is 0 Å². The summed E-state index contributed by atoms with van der Waals surface area (Å²) in [6, 6.07) is 5.72. The van der Waals surface area contributed by atoms with Gasteiger partial charge < -0.3 is 20.6 Å². The molecule has 2 aromatic rings. The molecule has 108 valence electrons. The first-order valence-corrected chi connectivity index (χ1v) is 6.80. The minimum Gasteiger partial charge on any atom is -0.326 e. The SMILES string of the molecule is CC(C)NCCCC(=O)Nc1ccc2[nH]c(=O)[nH]c2c1. The molecule has 0 bridgehead atoms. The van der Waals surface area contributed by atoms with E-state index in [1.54, 1.807) is 18.2 Å². The summed E-state index contributed by atoms with van der Waals surface area (Å²) in [6.07, 6.45) is 1.27. The summed E-state index contributed by atoms with van der Waals surface area (Å²) in [5, 5.41) is 6.10. The Bertz CT molecular complexity index is 642. The number of anilines is 1. The van der Waals surface area contributed by atoms with E-state index >= 15 is 0 Å². The van der Waals surface area contributed by atoms with Crippen LogP contribution in [0.2, 0.25) is 0 Å². The van der Waals surface area contributed by atoms with Crippen LogP contribution in [-0.2, 0) is 4.79 Å². The van der Waals surface area contributed by atoms with Crippen molar-refractivity contribution >= 4 is 22.6 Å². The third-order valence-corrected chi connectivity index (χ3v) is 2.93. The average molecular weight is 276 g/mol. The molecule has 0 spiro atoms. The van der Waals surface area contributed by atoms with Gasteiger partial charge in [0.15, 0.2) is 0 Å². The lowest BCUT2D eigenvalue weighted by Gasteiger charge is -2.08. The summed E-state index contributed by atoms with van der Waals surface area (Å²) in [5.41, 5.74) is 1.86. The summed E-state index contributed by atoms with van der Waals surface area (Å²) in [6.45, 7) is 4.98. The second-order valence-corrected chi connectivity index (χ2v) is 5.10. The molecule has 0 unspecified atom stereocenters. The molecule has 20 heavy (non-hydrogen) atoms. The zero-order valence-electron chi connectivity index (χ0n) is 11.7. The van der Waals surface area contributed by atoms with Crippen molar-refractivity contribution in [3.8, 4) is 0 Å². The Morgan fingerprint density at radius 1 is 1.25 bits per heavy atom. The lowest BCUT2D eigenvalue weighted by molar-refractivity contribution is -0.116. The van der Waals surface area contributed by atoms with Crippen LogP contribution in [0.1, 0.15) is 26.7 Å². The molecule has 1 heterocycles. The van der Waals surface area contributed by atoms with Crippen LogP contribution in [-0.4, -0.2) is 28.5 Å². The van der Waals surface area contributed by atoms with Crippen LogP contribution >= 0.6 is 0 Å². The minimum atomic E-state index is -0.247. The monoisotopic (exact) mass is 276 g/mol. The summed E-state index contributed by atoms with van der Waals surface area (Å²) in [4.78, 5) is 28.2. The molecule has 0 fully saturated rings. The molecule has 0 aliphatic rings. The zero-order chi connectivity index (χ0) is 14.5. The fourth-order valence-corrected chi connectivity index (χ4v) is 1.97. The lowest BCUT2D eigenvalue weighted by Crippen LogP contribution is -2.24. The number of carbonyl (C=O) groups excluding carboxylic acids is 1. The molecule has 1 aromatic heterocycles. The summed E-state index contributed by atoms with van der Waals surface area (Å²) in [7, 11) is 0. The van der Waals surface area contributed by atoms with Gasteiger partial charge in [0.25, 0.3) is 0 Å². The zero-order valence-corrected chi connectivity index (χ0v) is 11.7. The molecule has 1 aromatic carbocycles. The van der Waals surface area contributed by atoms with Crippen LogP contribution in [0.4, 0.5) is 5.69 Å². The second kappa shape index (κ2) is 6.38. The minimum absolute atomic E-state index is 0.0206. The summed E-state index contributed by atoms with van der Waals surface area (Å²) in [5.74, 6) is -0.0206.